The first-order chi connectivity index (χ1) is 5.65. The summed E-state index contributed by atoms with van der Waals surface area (Å²) in [6.07, 6.45) is -1.96. The average Bonchev–Trinajstić information content (AvgIpc) is 2.05. The fourth-order valence-corrected chi connectivity index (χ4v) is 0.700. The van der Waals surface area contributed by atoms with Gasteiger partial charge in [-0.3, -0.25) is 0 Å². The van der Waals surface area contributed by atoms with Gasteiger partial charge in [0.2, 0.25) is 0 Å². The molecule has 1 aromatic rings. The Kier molecular flexibility index (Phi) is 2.19. The van der Waals surface area contributed by atoms with Gasteiger partial charge in [0.15, 0.2) is 0 Å². The van der Waals surface area contributed by atoms with Crippen LogP contribution in [0.3, 0.4) is 0 Å². The highest BCUT2D eigenvalue weighted by Crippen LogP contribution is 2.27. The molecule has 0 atom stereocenters. The minimum atomic E-state index is -2.79. The van der Waals surface area contributed by atoms with Crippen LogP contribution in [0, 0.1) is 11.3 Å². The van der Waals surface area contributed by atoms with Crippen molar-refractivity contribution in [3.05, 3.63) is 23.5 Å². The number of aromatic hydroxyl groups is 1. The number of nitriles is 1. The van der Waals surface area contributed by atoms with Crippen LogP contribution < -0.4 is 0 Å². The Labute approximate surface area is 66.9 Å². The van der Waals surface area contributed by atoms with E-state index in [0.717, 1.165) is 12.3 Å². The molecule has 1 N–H and O–H groups in total. The van der Waals surface area contributed by atoms with Crippen molar-refractivity contribution >= 4 is 0 Å². The van der Waals surface area contributed by atoms with Crippen molar-refractivity contribution in [3.63, 3.8) is 0 Å². The Morgan fingerprint density at radius 3 is 2.75 bits per heavy atom. The molecular formula is C7H4F2N2O. The predicted octanol–water partition coefficient (Wildman–Crippen LogP) is 1.60. The van der Waals surface area contributed by atoms with Crippen LogP contribution >= 0.6 is 0 Å². The van der Waals surface area contributed by atoms with Crippen molar-refractivity contribution in [2.24, 2.45) is 0 Å². The normalized spacial score (nSPS) is 9.83. The second-order valence-electron chi connectivity index (χ2n) is 2.04. The maximum absolute atomic E-state index is 12.0. The average molecular weight is 170 g/mol. The number of rotatable bonds is 1. The van der Waals surface area contributed by atoms with Gasteiger partial charge in [-0.05, 0) is 6.07 Å². The summed E-state index contributed by atoms with van der Waals surface area (Å²) in [6.45, 7) is 0. The first kappa shape index (κ1) is 8.40. The molecule has 0 aromatic carbocycles. The van der Waals surface area contributed by atoms with E-state index in [1.807, 2.05) is 0 Å². The number of halogens is 2. The second kappa shape index (κ2) is 3.13. The highest BCUT2D eigenvalue weighted by molar-refractivity contribution is 5.36. The monoisotopic (exact) mass is 170 g/mol. The summed E-state index contributed by atoms with van der Waals surface area (Å²) in [4.78, 5) is 3.40. The Hall–Kier alpha value is -1.70. The van der Waals surface area contributed by atoms with E-state index in [1.165, 1.54) is 0 Å². The van der Waals surface area contributed by atoms with E-state index in [1.54, 1.807) is 6.07 Å². The number of hydrogen-bond acceptors (Lipinski definition) is 3. The van der Waals surface area contributed by atoms with Crippen LogP contribution in [-0.4, -0.2) is 10.1 Å². The quantitative estimate of drug-likeness (QED) is 0.696. The Balaban J connectivity index is 3.19. The molecule has 5 heteroatoms. The molecule has 0 aliphatic carbocycles. The van der Waals surface area contributed by atoms with Crippen molar-refractivity contribution < 1.29 is 13.9 Å². The van der Waals surface area contributed by atoms with E-state index >= 15 is 0 Å². The summed E-state index contributed by atoms with van der Waals surface area (Å²) in [5.41, 5.74) is -0.704. The van der Waals surface area contributed by atoms with Crippen LogP contribution in [-0.2, 0) is 0 Å². The topological polar surface area (TPSA) is 56.9 Å². The number of aromatic nitrogens is 1. The minimum absolute atomic E-state index is 0.136. The fourth-order valence-electron chi connectivity index (χ4n) is 0.700. The van der Waals surface area contributed by atoms with E-state index in [0.29, 0.717) is 0 Å². The van der Waals surface area contributed by atoms with Crippen molar-refractivity contribution in [2.45, 2.75) is 6.43 Å². The van der Waals surface area contributed by atoms with Gasteiger partial charge in [-0.25, -0.2) is 13.8 Å². The summed E-state index contributed by atoms with van der Waals surface area (Å²) < 4.78 is 24.1. The molecule has 0 unspecified atom stereocenters. The predicted molar refractivity (Wildman–Crippen MR) is 35.6 cm³/mol. The Morgan fingerprint density at radius 2 is 2.25 bits per heavy atom. The molecule has 62 valence electrons. The lowest BCUT2D eigenvalue weighted by Gasteiger charge is -2.01. The highest BCUT2D eigenvalue weighted by atomic mass is 19.3. The third-order valence-electron chi connectivity index (χ3n) is 1.26. The number of alkyl halides is 2. The molecule has 0 aliphatic rings. The first-order valence-electron chi connectivity index (χ1n) is 3.02. The van der Waals surface area contributed by atoms with Crippen molar-refractivity contribution in [2.75, 3.05) is 0 Å². The van der Waals surface area contributed by atoms with E-state index in [4.69, 9.17) is 10.4 Å². The van der Waals surface area contributed by atoms with Crippen molar-refractivity contribution in [1.29, 1.82) is 5.26 Å². The molecule has 0 spiro atoms. The lowest BCUT2D eigenvalue weighted by atomic mass is 10.2. The minimum Gasteiger partial charge on any atom is -0.506 e. The van der Waals surface area contributed by atoms with Gasteiger partial charge in [-0.1, -0.05) is 0 Å². The zero-order chi connectivity index (χ0) is 9.14. The molecule has 0 radical (unpaired) electrons. The van der Waals surface area contributed by atoms with Gasteiger partial charge in [0.25, 0.3) is 6.43 Å². The summed E-state index contributed by atoms with van der Waals surface area (Å²) in [5.74, 6) is -0.594. The molecule has 0 amide bonds. The molecule has 0 aliphatic heterocycles. The van der Waals surface area contributed by atoms with Gasteiger partial charge >= 0.3 is 0 Å². The number of nitrogens with zero attached hydrogens (tertiary/aromatic N) is 2. The van der Waals surface area contributed by atoms with Crippen LogP contribution in [0.5, 0.6) is 5.75 Å². The molecule has 1 aromatic heterocycles. The van der Waals surface area contributed by atoms with Gasteiger partial charge in [0, 0.05) is 0 Å². The molecule has 0 saturated carbocycles. The van der Waals surface area contributed by atoms with Crippen LogP contribution in [0.1, 0.15) is 17.7 Å². The zero-order valence-electron chi connectivity index (χ0n) is 5.83. The van der Waals surface area contributed by atoms with Crippen molar-refractivity contribution in [3.8, 4) is 11.8 Å². The van der Waals surface area contributed by atoms with Crippen molar-refractivity contribution in [1.82, 2.24) is 4.98 Å². The molecule has 3 nitrogen and oxygen atoms in total. The van der Waals surface area contributed by atoms with Gasteiger partial charge in [-0.2, -0.15) is 5.26 Å². The van der Waals surface area contributed by atoms with E-state index in [-0.39, 0.29) is 5.69 Å². The second-order valence-corrected chi connectivity index (χ2v) is 2.04. The van der Waals surface area contributed by atoms with Gasteiger partial charge in [0.1, 0.15) is 17.5 Å². The standard InChI is InChI=1S/C7H4F2N2O/c8-7(9)5-1-4(2-10)11-3-6(5)12/h1,3,7,12H. The van der Waals surface area contributed by atoms with E-state index in [2.05, 4.69) is 4.98 Å². The largest absolute Gasteiger partial charge is 0.506 e. The molecule has 0 saturated heterocycles. The lowest BCUT2D eigenvalue weighted by molar-refractivity contribution is 0.147. The third-order valence-corrected chi connectivity index (χ3v) is 1.26. The molecule has 1 heterocycles. The number of pyridine rings is 1. The van der Waals surface area contributed by atoms with Crippen LogP contribution in [0.2, 0.25) is 0 Å². The smallest absolute Gasteiger partial charge is 0.267 e. The Bertz CT molecular complexity index is 333. The summed E-state index contributed by atoms with van der Waals surface area (Å²) >= 11 is 0. The molecule has 1 rings (SSSR count). The SMILES string of the molecule is N#Cc1cc(C(F)F)c(O)cn1. The first-order valence-corrected chi connectivity index (χ1v) is 3.02. The fraction of sp³-hybridized carbons (Fsp3) is 0.143. The van der Waals surface area contributed by atoms with Crippen LogP contribution in [0.25, 0.3) is 0 Å². The van der Waals surface area contributed by atoms with Crippen LogP contribution in [0.15, 0.2) is 12.3 Å². The van der Waals surface area contributed by atoms with Gasteiger partial charge in [-0.15, -0.1) is 0 Å². The van der Waals surface area contributed by atoms with Gasteiger partial charge < -0.3 is 5.11 Å². The maximum atomic E-state index is 12.0. The highest BCUT2D eigenvalue weighted by Gasteiger charge is 2.13. The van der Waals surface area contributed by atoms with E-state index in [9.17, 15) is 8.78 Å². The molecule has 0 fully saturated rings. The van der Waals surface area contributed by atoms with Gasteiger partial charge in [0.05, 0.1) is 11.8 Å². The molecular weight excluding hydrogens is 166 g/mol. The summed E-state index contributed by atoms with van der Waals surface area (Å²) in [5, 5.41) is 17.1. The number of hydrogen-bond donors (Lipinski definition) is 1. The van der Waals surface area contributed by atoms with Crippen LogP contribution in [0.4, 0.5) is 8.78 Å². The van der Waals surface area contributed by atoms with E-state index < -0.39 is 17.7 Å². The molecule has 0 bridgehead atoms. The molecule has 12 heavy (non-hydrogen) atoms. The summed E-state index contributed by atoms with van der Waals surface area (Å²) in [6, 6.07) is 2.46. The lowest BCUT2D eigenvalue weighted by Crippen LogP contribution is -1.89. The summed E-state index contributed by atoms with van der Waals surface area (Å²) in [7, 11) is 0. The maximum Gasteiger partial charge on any atom is 0.267 e. The zero-order valence-corrected chi connectivity index (χ0v) is 5.83. The third kappa shape index (κ3) is 1.48. The Morgan fingerprint density at radius 1 is 1.58 bits per heavy atom.